The molecule has 1 unspecified atom stereocenters. The van der Waals surface area contributed by atoms with E-state index in [9.17, 15) is 14.7 Å². The van der Waals surface area contributed by atoms with Crippen molar-refractivity contribution in [2.24, 2.45) is 0 Å². The summed E-state index contributed by atoms with van der Waals surface area (Å²) in [6.45, 7) is 0.371. The van der Waals surface area contributed by atoms with Gasteiger partial charge in [-0.15, -0.1) is 11.3 Å². The van der Waals surface area contributed by atoms with Gasteiger partial charge in [0.05, 0.1) is 18.7 Å². The Balaban J connectivity index is 1.41. The van der Waals surface area contributed by atoms with Gasteiger partial charge in [0, 0.05) is 16.0 Å². The number of hydrogen-bond acceptors (Lipinski definition) is 4. The maximum absolute atomic E-state index is 13.3. The van der Waals surface area contributed by atoms with Crippen molar-refractivity contribution >= 4 is 28.7 Å². The highest BCUT2D eigenvalue weighted by Gasteiger charge is 2.50. The van der Waals surface area contributed by atoms with Crippen molar-refractivity contribution in [2.75, 3.05) is 4.90 Å². The molecule has 0 spiro atoms. The first kappa shape index (κ1) is 20.4. The number of hydrogen-bond donors (Lipinski definition) is 1. The van der Waals surface area contributed by atoms with Crippen LogP contribution in [-0.2, 0) is 16.9 Å². The minimum Gasteiger partial charge on any atom is -0.375 e. The predicted molar refractivity (Wildman–Crippen MR) is 127 cm³/mol. The number of para-hydroxylation sites is 1. The number of carbonyl (C=O) groups excluding carboxylic acids is 2. The third-order valence-corrected chi connectivity index (χ3v) is 6.72. The number of thiophene rings is 1. The lowest BCUT2D eigenvalue weighted by Gasteiger charge is -2.22. The largest absolute Gasteiger partial charge is 0.375 e. The number of anilines is 1. The number of rotatable bonds is 6. The van der Waals surface area contributed by atoms with Crippen LogP contribution in [0, 0.1) is 0 Å². The zero-order valence-electron chi connectivity index (χ0n) is 17.3. The van der Waals surface area contributed by atoms with Gasteiger partial charge in [-0.25, -0.2) is 0 Å². The van der Waals surface area contributed by atoms with Crippen LogP contribution >= 0.6 is 11.3 Å². The molecule has 0 saturated carbocycles. The normalized spacial score (nSPS) is 17.4. The molecule has 3 aromatic carbocycles. The molecule has 158 valence electrons. The SMILES string of the molecule is O=C(CC1(O)C(=O)N(Cc2cccs2)c2ccccc21)c1ccc(-c2ccccc2)cc1. The zero-order valence-corrected chi connectivity index (χ0v) is 18.1. The van der Waals surface area contributed by atoms with Gasteiger partial charge in [-0.05, 0) is 28.6 Å². The summed E-state index contributed by atoms with van der Waals surface area (Å²) >= 11 is 1.55. The summed E-state index contributed by atoms with van der Waals surface area (Å²) in [5.41, 5.74) is 1.80. The van der Waals surface area contributed by atoms with Gasteiger partial charge in [0.2, 0.25) is 0 Å². The molecule has 0 fully saturated rings. The summed E-state index contributed by atoms with van der Waals surface area (Å²) in [6.07, 6.45) is -0.297. The summed E-state index contributed by atoms with van der Waals surface area (Å²) in [5.74, 6) is -0.727. The Hall–Kier alpha value is -3.54. The smallest absolute Gasteiger partial charge is 0.264 e. The van der Waals surface area contributed by atoms with Crippen LogP contribution in [0.3, 0.4) is 0 Å². The maximum atomic E-state index is 13.3. The van der Waals surface area contributed by atoms with E-state index in [1.807, 2.05) is 72.1 Å². The fourth-order valence-electron chi connectivity index (χ4n) is 4.21. The second-order valence-corrected chi connectivity index (χ2v) is 8.92. The van der Waals surface area contributed by atoms with Crippen LogP contribution < -0.4 is 4.90 Å². The van der Waals surface area contributed by atoms with Crippen molar-refractivity contribution in [3.05, 3.63) is 112 Å². The molecule has 5 heteroatoms. The Labute approximate surface area is 190 Å². The molecule has 0 bridgehead atoms. The fraction of sp³-hybridized carbons (Fsp3) is 0.111. The first-order valence-corrected chi connectivity index (χ1v) is 11.3. The van der Waals surface area contributed by atoms with Crippen molar-refractivity contribution in [2.45, 2.75) is 18.6 Å². The number of nitrogens with zero attached hydrogens (tertiary/aromatic N) is 1. The quantitative estimate of drug-likeness (QED) is 0.408. The molecule has 4 aromatic rings. The third kappa shape index (κ3) is 3.55. The van der Waals surface area contributed by atoms with Gasteiger partial charge in [0.1, 0.15) is 0 Å². The minimum atomic E-state index is -1.87. The maximum Gasteiger partial charge on any atom is 0.264 e. The van der Waals surface area contributed by atoms with Crippen LogP contribution in [0.15, 0.2) is 96.4 Å². The number of carbonyl (C=O) groups is 2. The number of fused-ring (bicyclic) bond motifs is 1. The molecule has 2 heterocycles. The van der Waals surface area contributed by atoms with E-state index in [4.69, 9.17) is 0 Å². The molecule has 1 aliphatic rings. The molecule has 1 N–H and O–H groups in total. The van der Waals surface area contributed by atoms with Gasteiger partial charge < -0.3 is 10.0 Å². The van der Waals surface area contributed by atoms with Crippen molar-refractivity contribution in [1.29, 1.82) is 0 Å². The summed E-state index contributed by atoms with van der Waals surface area (Å²) in [6, 6.07) is 28.3. The lowest BCUT2D eigenvalue weighted by Crippen LogP contribution is -2.41. The number of ketones is 1. The Morgan fingerprint density at radius 3 is 2.25 bits per heavy atom. The summed E-state index contributed by atoms with van der Waals surface area (Å²) < 4.78 is 0. The lowest BCUT2D eigenvalue weighted by molar-refractivity contribution is -0.136. The van der Waals surface area contributed by atoms with E-state index in [0.29, 0.717) is 23.4 Å². The monoisotopic (exact) mass is 439 g/mol. The van der Waals surface area contributed by atoms with E-state index in [-0.39, 0.29) is 12.2 Å². The Morgan fingerprint density at radius 2 is 1.53 bits per heavy atom. The van der Waals surface area contributed by atoms with E-state index >= 15 is 0 Å². The molecule has 1 amide bonds. The summed E-state index contributed by atoms with van der Waals surface area (Å²) in [4.78, 5) is 29.0. The van der Waals surface area contributed by atoms with Gasteiger partial charge in [0.25, 0.3) is 5.91 Å². The Kier molecular flexibility index (Phi) is 5.21. The van der Waals surface area contributed by atoms with Crippen LogP contribution in [0.5, 0.6) is 0 Å². The van der Waals surface area contributed by atoms with Crippen LogP contribution in [0.4, 0.5) is 5.69 Å². The second-order valence-electron chi connectivity index (χ2n) is 7.89. The van der Waals surface area contributed by atoms with Gasteiger partial charge in [0.15, 0.2) is 11.4 Å². The molecule has 0 radical (unpaired) electrons. The third-order valence-electron chi connectivity index (χ3n) is 5.86. The highest BCUT2D eigenvalue weighted by atomic mass is 32.1. The number of Topliss-reactive ketones (excluding diaryl/α,β-unsaturated/α-hetero) is 1. The van der Waals surface area contributed by atoms with Gasteiger partial charge in [-0.3, -0.25) is 9.59 Å². The van der Waals surface area contributed by atoms with Gasteiger partial charge in [-0.2, -0.15) is 0 Å². The fourth-order valence-corrected chi connectivity index (χ4v) is 4.90. The molecule has 1 atom stereocenters. The molecular formula is C27H21NO3S. The van der Waals surface area contributed by atoms with Gasteiger partial charge >= 0.3 is 0 Å². The molecule has 4 nitrogen and oxygen atoms in total. The molecular weight excluding hydrogens is 418 g/mol. The first-order chi connectivity index (χ1) is 15.6. The van der Waals surface area contributed by atoms with Crippen LogP contribution in [0.2, 0.25) is 0 Å². The standard InChI is InChI=1S/C27H21NO3S/c29-25(21-14-12-20(13-15-21)19-7-2-1-3-8-19)17-27(31)23-10-4-5-11-24(23)28(26(27)30)18-22-9-6-16-32-22/h1-16,31H,17-18H2. The molecule has 1 aromatic heterocycles. The lowest BCUT2D eigenvalue weighted by atomic mass is 9.88. The summed E-state index contributed by atoms with van der Waals surface area (Å²) in [7, 11) is 0. The minimum absolute atomic E-state index is 0.270. The second kappa shape index (κ2) is 8.19. The van der Waals surface area contributed by atoms with E-state index < -0.39 is 11.5 Å². The number of aliphatic hydroxyl groups is 1. The average Bonchev–Trinajstić information content (AvgIpc) is 3.42. The highest BCUT2D eigenvalue weighted by molar-refractivity contribution is 7.09. The van der Waals surface area contributed by atoms with Gasteiger partial charge in [-0.1, -0.05) is 78.9 Å². The average molecular weight is 440 g/mol. The van der Waals surface area contributed by atoms with E-state index in [1.165, 1.54) is 0 Å². The van der Waals surface area contributed by atoms with E-state index in [2.05, 4.69) is 0 Å². The molecule has 32 heavy (non-hydrogen) atoms. The molecule has 0 saturated heterocycles. The van der Waals surface area contributed by atoms with E-state index in [1.54, 1.807) is 40.5 Å². The number of benzene rings is 3. The van der Waals surface area contributed by atoms with E-state index in [0.717, 1.165) is 16.0 Å². The highest BCUT2D eigenvalue weighted by Crippen LogP contribution is 2.43. The zero-order chi connectivity index (χ0) is 22.1. The van der Waals surface area contributed by atoms with Crippen molar-refractivity contribution in [1.82, 2.24) is 0 Å². The Bertz CT molecular complexity index is 1270. The van der Waals surface area contributed by atoms with Crippen LogP contribution in [0.1, 0.15) is 27.2 Å². The predicted octanol–water partition coefficient (Wildman–Crippen LogP) is 5.42. The molecule has 1 aliphatic heterocycles. The Morgan fingerprint density at radius 1 is 0.844 bits per heavy atom. The van der Waals surface area contributed by atoms with Crippen LogP contribution in [0.25, 0.3) is 11.1 Å². The van der Waals surface area contributed by atoms with Crippen molar-refractivity contribution in [3.8, 4) is 11.1 Å². The topological polar surface area (TPSA) is 57.6 Å². The number of amides is 1. The van der Waals surface area contributed by atoms with Crippen molar-refractivity contribution < 1.29 is 14.7 Å². The first-order valence-electron chi connectivity index (χ1n) is 10.4. The molecule has 5 rings (SSSR count). The van der Waals surface area contributed by atoms with Crippen LogP contribution in [-0.4, -0.2) is 16.8 Å². The van der Waals surface area contributed by atoms with Crippen molar-refractivity contribution in [3.63, 3.8) is 0 Å². The summed E-state index contributed by atoms with van der Waals surface area (Å²) in [5, 5.41) is 13.4. The molecule has 0 aliphatic carbocycles.